The van der Waals surface area contributed by atoms with Gasteiger partial charge in [0.2, 0.25) is 0 Å². The number of ketones is 1. The van der Waals surface area contributed by atoms with Crippen LogP contribution in [0.3, 0.4) is 0 Å². The molecule has 0 saturated carbocycles. The highest BCUT2D eigenvalue weighted by Gasteiger charge is 2.10. The van der Waals surface area contributed by atoms with Crippen LogP contribution in [0.5, 0.6) is 0 Å². The average Bonchev–Trinajstić information content (AvgIpc) is 2.27. The third-order valence-electron chi connectivity index (χ3n) is 2.53. The molecule has 4 heteroatoms. The van der Waals surface area contributed by atoms with E-state index in [0.717, 1.165) is 12.8 Å². The van der Waals surface area contributed by atoms with E-state index in [4.69, 9.17) is 27.9 Å². The lowest BCUT2D eigenvalue weighted by atomic mass is 10.1. The molecular weight excluding hydrogens is 271 g/mol. The van der Waals surface area contributed by atoms with E-state index in [0.29, 0.717) is 28.1 Å². The van der Waals surface area contributed by atoms with Crippen LogP contribution in [0.1, 0.15) is 37.0 Å². The first-order chi connectivity index (χ1) is 8.50. The second-order valence-electron chi connectivity index (χ2n) is 4.64. The van der Waals surface area contributed by atoms with Crippen LogP contribution < -0.4 is 0 Å². The Labute approximate surface area is 118 Å². The summed E-state index contributed by atoms with van der Waals surface area (Å²) in [7, 11) is 0. The molecule has 1 aromatic rings. The summed E-state index contributed by atoms with van der Waals surface area (Å²) in [5, 5.41) is 0.896. The summed E-state index contributed by atoms with van der Waals surface area (Å²) in [5.74, 6) is 0.552. The number of carbonyl (C=O) groups is 1. The third kappa shape index (κ3) is 5.38. The predicted molar refractivity (Wildman–Crippen MR) is 75.7 cm³/mol. The maximum atomic E-state index is 11.8. The van der Waals surface area contributed by atoms with E-state index < -0.39 is 0 Å². The molecule has 100 valence electrons. The van der Waals surface area contributed by atoms with Crippen molar-refractivity contribution in [1.29, 1.82) is 0 Å². The first-order valence-corrected chi connectivity index (χ1v) is 6.82. The van der Waals surface area contributed by atoms with Gasteiger partial charge in [0, 0.05) is 17.2 Å². The molecule has 0 aliphatic heterocycles. The zero-order chi connectivity index (χ0) is 13.5. The number of hydrogen-bond donors (Lipinski definition) is 0. The number of hydrogen-bond acceptors (Lipinski definition) is 2. The molecule has 0 fully saturated rings. The first-order valence-electron chi connectivity index (χ1n) is 6.06. The maximum Gasteiger partial charge on any atom is 0.189 e. The molecule has 0 amide bonds. The lowest BCUT2D eigenvalue weighted by Crippen LogP contribution is -2.10. The molecular formula is C14H18Cl2O2. The first kappa shape index (κ1) is 15.5. The van der Waals surface area contributed by atoms with Crippen LogP contribution in [-0.2, 0) is 4.74 Å². The number of Topliss-reactive ketones (excluding diaryl/α,β-unsaturated/α-hetero) is 1. The second-order valence-corrected chi connectivity index (χ2v) is 5.48. The van der Waals surface area contributed by atoms with Crippen molar-refractivity contribution in [3.05, 3.63) is 33.8 Å². The minimum Gasteiger partial charge on any atom is -0.373 e. The molecule has 1 rings (SSSR count). The predicted octanol–water partition coefficient (Wildman–Crippen LogP) is 4.63. The van der Waals surface area contributed by atoms with Crippen LogP contribution in [0.25, 0.3) is 0 Å². The quantitative estimate of drug-likeness (QED) is 0.540. The van der Waals surface area contributed by atoms with E-state index in [1.807, 2.05) is 0 Å². The van der Waals surface area contributed by atoms with E-state index >= 15 is 0 Å². The van der Waals surface area contributed by atoms with Crippen LogP contribution in [0.15, 0.2) is 18.2 Å². The number of rotatable bonds is 7. The van der Waals surface area contributed by atoms with Gasteiger partial charge in [-0.15, -0.1) is 0 Å². The Balaban J connectivity index is 2.36. The smallest absolute Gasteiger partial charge is 0.189 e. The minimum atomic E-state index is -0.110. The van der Waals surface area contributed by atoms with Crippen molar-refractivity contribution < 1.29 is 9.53 Å². The Morgan fingerprint density at radius 3 is 2.67 bits per heavy atom. The molecule has 1 aromatic carbocycles. The number of benzene rings is 1. The van der Waals surface area contributed by atoms with Crippen molar-refractivity contribution in [2.24, 2.45) is 5.92 Å². The molecule has 2 nitrogen and oxygen atoms in total. The fourth-order valence-corrected chi connectivity index (χ4v) is 2.07. The van der Waals surface area contributed by atoms with Gasteiger partial charge in [0.25, 0.3) is 0 Å². The van der Waals surface area contributed by atoms with Crippen molar-refractivity contribution in [3.63, 3.8) is 0 Å². The van der Waals surface area contributed by atoms with E-state index in [-0.39, 0.29) is 12.4 Å². The summed E-state index contributed by atoms with van der Waals surface area (Å²) in [4.78, 5) is 11.8. The monoisotopic (exact) mass is 288 g/mol. The molecule has 0 radical (unpaired) electrons. The summed E-state index contributed by atoms with van der Waals surface area (Å²) in [5.41, 5.74) is 0.463. The summed E-state index contributed by atoms with van der Waals surface area (Å²) in [6.07, 6.45) is 2.08. The fraction of sp³-hybridized carbons (Fsp3) is 0.500. The summed E-state index contributed by atoms with van der Waals surface area (Å²) >= 11 is 11.7. The van der Waals surface area contributed by atoms with Gasteiger partial charge >= 0.3 is 0 Å². The van der Waals surface area contributed by atoms with Gasteiger partial charge in [-0.1, -0.05) is 37.0 Å². The molecule has 0 bridgehead atoms. The highest BCUT2D eigenvalue weighted by molar-refractivity contribution is 6.36. The third-order valence-corrected chi connectivity index (χ3v) is 3.08. The van der Waals surface area contributed by atoms with Gasteiger partial charge in [-0.25, -0.2) is 0 Å². The SMILES string of the molecule is CC(C)CCCOCC(=O)c1ccc(Cl)cc1Cl. The van der Waals surface area contributed by atoms with Gasteiger partial charge in [0.05, 0.1) is 5.02 Å². The lowest BCUT2D eigenvalue weighted by Gasteiger charge is -2.07. The van der Waals surface area contributed by atoms with Crippen molar-refractivity contribution in [2.75, 3.05) is 13.2 Å². The Morgan fingerprint density at radius 2 is 2.06 bits per heavy atom. The van der Waals surface area contributed by atoms with Gasteiger partial charge in [0.15, 0.2) is 5.78 Å². The van der Waals surface area contributed by atoms with E-state index in [9.17, 15) is 4.79 Å². The number of halogens is 2. The van der Waals surface area contributed by atoms with Crippen LogP contribution in [0.4, 0.5) is 0 Å². The molecule has 0 spiro atoms. The summed E-state index contributed by atoms with van der Waals surface area (Å²) < 4.78 is 5.34. The van der Waals surface area contributed by atoms with E-state index in [1.165, 1.54) is 0 Å². The molecule has 0 N–H and O–H groups in total. The second kappa shape index (κ2) is 7.78. The molecule has 0 unspecified atom stereocenters. The normalized spacial score (nSPS) is 10.9. The van der Waals surface area contributed by atoms with Gasteiger partial charge in [0.1, 0.15) is 6.61 Å². The Bertz CT molecular complexity index is 403. The van der Waals surface area contributed by atoms with Crippen LogP contribution in [-0.4, -0.2) is 19.0 Å². The van der Waals surface area contributed by atoms with Crippen LogP contribution in [0.2, 0.25) is 10.0 Å². The van der Waals surface area contributed by atoms with Gasteiger partial charge < -0.3 is 4.74 Å². The number of carbonyl (C=O) groups excluding carboxylic acids is 1. The molecule has 18 heavy (non-hydrogen) atoms. The zero-order valence-corrected chi connectivity index (χ0v) is 12.2. The highest BCUT2D eigenvalue weighted by atomic mass is 35.5. The molecule has 0 heterocycles. The van der Waals surface area contributed by atoms with Crippen molar-refractivity contribution in [2.45, 2.75) is 26.7 Å². The fourth-order valence-electron chi connectivity index (χ4n) is 1.55. The molecule has 0 aliphatic rings. The lowest BCUT2D eigenvalue weighted by molar-refractivity contribution is 0.0749. The molecule has 0 aromatic heterocycles. The Morgan fingerprint density at radius 1 is 1.33 bits per heavy atom. The zero-order valence-electron chi connectivity index (χ0n) is 10.7. The van der Waals surface area contributed by atoms with E-state index in [2.05, 4.69) is 13.8 Å². The van der Waals surface area contributed by atoms with Crippen molar-refractivity contribution in [1.82, 2.24) is 0 Å². The average molecular weight is 289 g/mol. The maximum absolute atomic E-state index is 11.8. The standard InChI is InChI=1S/C14H18Cl2O2/c1-10(2)4-3-7-18-9-14(17)12-6-5-11(15)8-13(12)16/h5-6,8,10H,3-4,7,9H2,1-2H3. The van der Waals surface area contributed by atoms with Gasteiger partial charge in [-0.05, 0) is 37.0 Å². The van der Waals surface area contributed by atoms with E-state index in [1.54, 1.807) is 18.2 Å². The van der Waals surface area contributed by atoms with Crippen LogP contribution >= 0.6 is 23.2 Å². The molecule has 0 atom stereocenters. The summed E-state index contributed by atoms with van der Waals surface area (Å²) in [6, 6.07) is 4.85. The highest BCUT2D eigenvalue weighted by Crippen LogP contribution is 2.21. The molecule has 0 saturated heterocycles. The Hall–Kier alpha value is -0.570. The topological polar surface area (TPSA) is 26.3 Å². The minimum absolute atomic E-state index is 0.0689. The largest absolute Gasteiger partial charge is 0.373 e. The van der Waals surface area contributed by atoms with Gasteiger partial charge in [-0.2, -0.15) is 0 Å². The van der Waals surface area contributed by atoms with Crippen molar-refractivity contribution in [3.8, 4) is 0 Å². The summed E-state index contributed by atoms with van der Waals surface area (Å²) in [6.45, 7) is 5.01. The number of ether oxygens (including phenoxy) is 1. The Kier molecular flexibility index (Phi) is 6.69. The molecule has 0 aliphatic carbocycles. The van der Waals surface area contributed by atoms with Gasteiger partial charge in [-0.3, -0.25) is 4.79 Å². The van der Waals surface area contributed by atoms with Crippen molar-refractivity contribution >= 4 is 29.0 Å². The van der Waals surface area contributed by atoms with Crippen LogP contribution in [0, 0.1) is 5.92 Å².